The fourth-order valence-corrected chi connectivity index (χ4v) is 2.22. The van der Waals surface area contributed by atoms with E-state index in [1.165, 1.54) is 0 Å². The first-order chi connectivity index (χ1) is 10.2. The van der Waals surface area contributed by atoms with Gasteiger partial charge >= 0.3 is 0 Å². The molecule has 1 aromatic carbocycles. The Morgan fingerprint density at radius 3 is 2.71 bits per heavy atom. The van der Waals surface area contributed by atoms with Crippen LogP contribution in [0.5, 0.6) is 0 Å². The molecular weight excluding hydrogens is 330 g/mol. The summed E-state index contributed by atoms with van der Waals surface area (Å²) in [6, 6.07) is 12.9. The van der Waals surface area contributed by atoms with Crippen molar-refractivity contribution in [1.82, 2.24) is 9.88 Å². The Morgan fingerprint density at radius 1 is 1.33 bits per heavy atom. The van der Waals surface area contributed by atoms with Crippen LogP contribution < -0.4 is 0 Å². The van der Waals surface area contributed by atoms with Crippen LogP contribution >= 0.6 is 15.9 Å². The van der Waals surface area contributed by atoms with Gasteiger partial charge in [0, 0.05) is 19.3 Å². The summed E-state index contributed by atoms with van der Waals surface area (Å²) in [4.78, 5) is 18.2. The number of hydrogen-bond donors (Lipinski definition) is 0. The van der Waals surface area contributed by atoms with E-state index >= 15 is 0 Å². The molecule has 5 heteroatoms. The molecule has 1 amide bonds. The van der Waals surface area contributed by atoms with Gasteiger partial charge in [-0.15, -0.1) is 0 Å². The molecule has 0 N–H and O–H groups in total. The van der Waals surface area contributed by atoms with Gasteiger partial charge in [0.2, 0.25) is 0 Å². The summed E-state index contributed by atoms with van der Waals surface area (Å²) in [7, 11) is 0. The van der Waals surface area contributed by atoms with Gasteiger partial charge in [0.15, 0.2) is 0 Å². The van der Waals surface area contributed by atoms with Crippen molar-refractivity contribution < 1.29 is 4.79 Å². The molecule has 0 aliphatic rings. The Balaban J connectivity index is 2.22. The van der Waals surface area contributed by atoms with Gasteiger partial charge in [0.1, 0.15) is 4.60 Å². The molecule has 0 fully saturated rings. The number of nitrogens with zero attached hydrogens (tertiary/aromatic N) is 3. The molecule has 1 heterocycles. The van der Waals surface area contributed by atoms with Crippen molar-refractivity contribution in [3.8, 4) is 6.07 Å². The summed E-state index contributed by atoms with van der Waals surface area (Å²) in [5, 5.41) is 9.12. The lowest BCUT2D eigenvalue weighted by molar-refractivity contribution is 0.0752. The van der Waals surface area contributed by atoms with Crippen molar-refractivity contribution in [1.29, 1.82) is 5.26 Å². The topological polar surface area (TPSA) is 57.0 Å². The van der Waals surface area contributed by atoms with Crippen molar-refractivity contribution in [3.05, 3.63) is 63.9 Å². The third-order valence-electron chi connectivity index (χ3n) is 3.14. The van der Waals surface area contributed by atoms with Crippen LogP contribution in [-0.2, 0) is 6.54 Å². The van der Waals surface area contributed by atoms with Crippen LogP contribution in [0.2, 0.25) is 0 Å². The van der Waals surface area contributed by atoms with Crippen molar-refractivity contribution in [3.63, 3.8) is 0 Å². The molecule has 0 spiro atoms. The van der Waals surface area contributed by atoms with E-state index in [-0.39, 0.29) is 5.91 Å². The normalized spacial score (nSPS) is 9.95. The summed E-state index contributed by atoms with van der Waals surface area (Å²) in [6.45, 7) is 2.89. The van der Waals surface area contributed by atoms with E-state index in [4.69, 9.17) is 5.26 Å². The van der Waals surface area contributed by atoms with Crippen LogP contribution in [0.3, 0.4) is 0 Å². The molecule has 0 unspecified atom stereocenters. The van der Waals surface area contributed by atoms with Crippen LogP contribution in [-0.4, -0.2) is 22.3 Å². The fourth-order valence-electron chi connectivity index (χ4n) is 1.98. The average molecular weight is 344 g/mol. The smallest absolute Gasteiger partial charge is 0.255 e. The van der Waals surface area contributed by atoms with Crippen LogP contribution in [0.25, 0.3) is 0 Å². The van der Waals surface area contributed by atoms with Crippen molar-refractivity contribution >= 4 is 21.8 Å². The van der Waals surface area contributed by atoms with Gasteiger partial charge in [-0.05, 0) is 46.6 Å². The number of rotatable bonds is 4. The Kier molecular flexibility index (Phi) is 5.07. The molecule has 0 atom stereocenters. The van der Waals surface area contributed by atoms with E-state index in [1.54, 1.807) is 29.3 Å². The van der Waals surface area contributed by atoms with Crippen LogP contribution in [0.15, 0.2) is 47.2 Å². The SMILES string of the molecule is CCN(Cc1ccccc1C#N)C(=O)c1ccc(Br)nc1. The highest BCUT2D eigenvalue weighted by Gasteiger charge is 2.16. The van der Waals surface area contributed by atoms with Gasteiger partial charge in [-0.1, -0.05) is 18.2 Å². The molecule has 0 saturated heterocycles. The molecule has 0 aliphatic carbocycles. The number of benzene rings is 1. The Hall–Kier alpha value is -2.19. The highest BCUT2D eigenvalue weighted by atomic mass is 79.9. The Bertz CT molecular complexity index is 677. The maximum absolute atomic E-state index is 12.5. The first-order valence-corrected chi connectivity index (χ1v) is 7.33. The van der Waals surface area contributed by atoms with Crippen molar-refractivity contribution in [2.75, 3.05) is 6.54 Å². The molecule has 106 valence electrons. The summed E-state index contributed by atoms with van der Waals surface area (Å²) in [6.07, 6.45) is 1.55. The lowest BCUT2D eigenvalue weighted by atomic mass is 10.1. The number of pyridine rings is 1. The second kappa shape index (κ2) is 7.00. The monoisotopic (exact) mass is 343 g/mol. The third-order valence-corrected chi connectivity index (χ3v) is 3.61. The van der Waals surface area contributed by atoms with Crippen LogP contribution in [0, 0.1) is 11.3 Å². The van der Waals surface area contributed by atoms with Gasteiger partial charge < -0.3 is 4.90 Å². The molecule has 0 aliphatic heterocycles. The zero-order valence-electron chi connectivity index (χ0n) is 11.6. The van der Waals surface area contributed by atoms with Gasteiger partial charge in [0.05, 0.1) is 17.2 Å². The zero-order chi connectivity index (χ0) is 15.2. The van der Waals surface area contributed by atoms with Gasteiger partial charge in [0.25, 0.3) is 5.91 Å². The first-order valence-electron chi connectivity index (χ1n) is 6.54. The minimum Gasteiger partial charge on any atom is -0.335 e. The molecule has 21 heavy (non-hydrogen) atoms. The molecule has 2 aromatic rings. The number of amides is 1. The van der Waals surface area contributed by atoms with Crippen molar-refractivity contribution in [2.45, 2.75) is 13.5 Å². The maximum Gasteiger partial charge on any atom is 0.255 e. The van der Waals surface area contributed by atoms with Gasteiger partial charge in [-0.2, -0.15) is 5.26 Å². The first kappa shape index (κ1) is 15.2. The quantitative estimate of drug-likeness (QED) is 0.799. The van der Waals surface area contributed by atoms with Crippen LogP contribution in [0.4, 0.5) is 0 Å². The lowest BCUT2D eigenvalue weighted by Crippen LogP contribution is -2.30. The fraction of sp³-hybridized carbons (Fsp3) is 0.188. The minimum atomic E-state index is -0.0924. The lowest BCUT2D eigenvalue weighted by Gasteiger charge is -2.21. The minimum absolute atomic E-state index is 0.0924. The number of aromatic nitrogens is 1. The summed E-state index contributed by atoms with van der Waals surface area (Å²) >= 11 is 3.25. The number of carbonyl (C=O) groups is 1. The van der Waals surface area contributed by atoms with E-state index in [0.29, 0.717) is 28.8 Å². The standard InChI is InChI=1S/C16H14BrN3O/c1-2-20(11-14-6-4-3-5-12(14)9-18)16(21)13-7-8-15(17)19-10-13/h3-8,10H,2,11H2,1H3. The predicted octanol–water partition coefficient (Wildman–Crippen LogP) is 3.38. The molecule has 4 nitrogen and oxygen atoms in total. The van der Waals surface area contributed by atoms with Crippen LogP contribution in [0.1, 0.15) is 28.4 Å². The van der Waals surface area contributed by atoms with Gasteiger partial charge in [-0.25, -0.2) is 4.98 Å². The molecule has 1 aromatic heterocycles. The number of halogens is 1. The summed E-state index contributed by atoms with van der Waals surface area (Å²) < 4.78 is 0.692. The maximum atomic E-state index is 12.5. The van der Waals surface area contributed by atoms with Crippen molar-refractivity contribution in [2.24, 2.45) is 0 Å². The molecule has 0 saturated carbocycles. The Morgan fingerprint density at radius 2 is 2.10 bits per heavy atom. The van der Waals surface area contributed by atoms with E-state index in [9.17, 15) is 4.79 Å². The van der Waals surface area contributed by atoms with E-state index in [1.807, 2.05) is 25.1 Å². The largest absolute Gasteiger partial charge is 0.335 e. The molecular formula is C16H14BrN3O. The van der Waals surface area contributed by atoms with E-state index in [0.717, 1.165) is 5.56 Å². The second-order valence-corrected chi connectivity index (χ2v) is 5.27. The zero-order valence-corrected chi connectivity index (χ0v) is 13.2. The Labute approximate surface area is 132 Å². The highest BCUT2D eigenvalue weighted by molar-refractivity contribution is 9.10. The number of hydrogen-bond acceptors (Lipinski definition) is 3. The molecule has 0 radical (unpaired) electrons. The van der Waals surface area contributed by atoms with E-state index < -0.39 is 0 Å². The van der Waals surface area contributed by atoms with Gasteiger partial charge in [-0.3, -0.25) is 4.79 Å². The molecule has 2 rings (SSSR count). The van der Waals surface area contributed by atoms with E-state index in [2.05, 4.69) is 27.0 Å². The summed E-state index contributed by atoms with van der Waals surface area (Å²) in [5.74, 6) is -0.0924. The second-order valence-electron chi connectivity index (χ2n) is 4.46. The predicted molar refractivity (Wildman–Crippen MR) is 83.5 cm³/mol. The highest BCUT2D eigenvalue weighted by Crippen LogP contribution is 2.14. The number of carbonyl (C=O) groups excluding carboxylic acids is 1. The molecule has 0 bridgehead atoms. The summed E-state index contributed by atoms with van der Waals surface area (Å²) in [5.41, 5.74) is 1.98. The third kappa shape index (κ3) is 3.67. The number of nitriles is 1. The average Bonchev–Trinajstić information content (AvgIpc) is 2.53.